The van der Waals surface area contributed by atoms with Crippen LogP contribution in [-0.2, 0) is 0 Å². The number of allylic oxidation sites excluding steroid dienone is 1. The van der Waals surface area contributed by atoms with Crippen molar-refractivity contribution in [2.75, 3.05) is 24.6 Å². The van der Waals surface area contributed by atoms with Crippen molar-refractivity contribution in [1.82, 2.24) is 5.32 Å². The molecule has 1 heterocycles. The van der Waals surface area contributed by atoms with Gasteiger partial charge in [0.25, 0.3) is 0 Å². The predicted octanol–water partition coefficient (Wildman–Crippen LogP) is 1.91. The highest BCUT2D eigenvalue weighted by molar-refractivity contribution is 7.99. The van der Waals surface area contributed by atoms with Crippen molar-refractivity contribution in [3.8, 4) is 0 Å². The average Bonchev–Trinajstić information content (AvgIpc) is 1.93. The Balaban J connectivity index is 1.76. The third kappa shape index (κ3) is 3.82. The van der Waals surface area contributed by atoms with E-state index in [9.17, 15) is 0 Å². The molecule has 1 N–H and O–H groups in total. The second-order valence-corrected chi connectivity index (χ2v) is 4.18. The minimum absolute atomic E-state index is 0.962. The molecule has 1 aliphatic rings. The summed E-state index contributed by atoms with van der Waals surface area (Å²) < 4.78 is 0. The van der Waals surface area contributed by atoms with Crippen LogP contribution in [0.1, 0.15) is 12.8 Å². The molecule has 2 heteroatoms. The molecule has 0 bridgehead atoms. The maximum Gasteiger partial charge on any atom is -0.0000326 e. The lowest BCUT2D eigenvalue weighted by molar-refractivity contribution is 0.385. The molecule has 0 aromatic rings. The predicted molar refractivity (Wildman–Crippen MR) is 53.1 cm³/mol. The molecule has 0 spiro atoms. The lowest BCUT2D eigenvalue weighted by Gasteiger charge is -2.26. The summed E-state index contributed by atoms with van der Waals surface area (Å²) in [5.74, 6) is 3.62. The van der Waals surface area contributed by atoms with Gasteiger partial charge in [0.15, 0.2) is 0 Å². The molecule has 0 aromatic heterocycles. The van der Waals surface area contributed by atoms with Gasteiger partial charge in [0.05, 0.1) is 0 Å². The lowest BCUT2D eigenvalue weighted by atomic mass is 10.1. The topological polar surface area (TPSA) is 12.0 Å². The minimum atomic E-state index is 0.962. The molecular weight excluding hydrogens is 154 g/mol. The first-order valence-electron chi connectivity index (χ1n) is 4.33. The van der Waals surface area contributed by atoms with Crippen LogP contribution >= 0.6 is 11.8 Å². The van der Waals surface area contributed by atoms with Gasteiger partial charge in [0, 0.05) is 0 Å². The van der Waals surface area contributed by atoms with Gasteiger partial charge in [-0.1, -0.05) is 6.08 Å². The molecule has 64 valence electrons. The summed E-state index contributed by atoms with van der Waals surface area (Å²) in [6.45, 7) is 6.19. The summed E-state index contributed by atoms with van der Waals surface area (Å²) in [4.78, 5) is 0. The Hall–Kier alpha value is 0.0500. The summed E-state index contributed by atoms with van der Waals surface area (Å²) in [7, 11) is 0. The smallest absolute Gasteiger partial charge is 0.0000326 e. The van der Waals surface area contributed by atoms with E-state index in [0.29, 0.717) is 0 Å². The number of nitrogens with one attached hydrogen (secondary N) is 1. The highest BCUT2D eigenvalue weighted by Crippen LogP contribution is 2.13. The lowest BCUT2D eigenvalue weighted by Crippen LogP contribution is -2.43. The molecule has 1 fully saturated rings. The average molecular weight is 171 g/mol. The number of hydrogen-bond donors (Lipinski definition) is 1. The third-order valence-electron chi connectivity index (χ3n) is 1.92. The number of thioether (sulfide) groups is 1. The van der Waals surface area contributed by atoms with Crippen LogP contribution in [0.25, 0.3) is 0 Å². The fourth-order valence-corrected chi connectivity index (χ4v) is 2.15. The Morgan fingerprint density at radius 3 is 2.91 bits per heavy atom. The van der Waals surface area contributed by atoms with E-state index >= 15 is 0 Å². The summed E-state index contributed by atoms with van der Waals surface area (Å²) in [6, 6.07) is 0. The quantitative estimate of drug-likeness (QED) is 0.484. The van der Waals surface area contributed by atoms with Crippen molar-refractivity contribution >= 4 is 11.8 Å². The molecule has 0 unspecified atom stereocenters. The fraction of sp³-hybridized carbons (Fsp3) is 0.778. The van der Waals surface area contributed by atoms with Gasteiger partial charge in [-0.25, -0.2) is 0 Å². The first kappa shape index (κ1) is 9.14. The molecule has 0 aliphatic carbocycles. The molecule has 1 aliphatic heterocycles. The van der Waals surface area contributed by atoms with E-state index in [-0.39, 0.29) is 0 Å². The molecule has 0 aromatic carbocycles. The zero-order valence-corrected chi connectivity index (χ0v) is 7.83. The van der Waals surface area contributed by atoms with Crippen molar-refractivity contribution in [1.29, 1.82) is 0 Å². The number of hydrogen-bond acceptors (Lipinski definition) is 2. The van der Waals surface area contributed by atoms with Crippen LogP contribution in [0, 0.1) is 5.92 Å². The second-order valence-electron chi connectivity index (χ2n) is 3.03. The summed E-state index contributed by atoms with van der Waals surface area (Å²) in [5.41, 5.74) is 0. The monoisotopic (exact) mass is 171 g/mol. The maximum atomic E-state index is 3.70. The standard InChI is InChI=1S/C9H17NS/c1-2-3-4-5-11-8-9-6-10-7-9/h2,9-10H,1,3-8H2. The molecule has 1 rings (SSSR count). The van der Waals surface area contributed by atoms with Gasteiger partial charge in [0.1, 0.15) is 0 Å². The summed E-state index contributed by atoms with van der Waals surface area (Å²) >= 11 is 2.09. The van der Waals surface area contributed by atoms with Crippen molar-refractivity contribution in [2.24, 2.45) is 5.92 Å². The van der Waals surface area contributed by atoms with Gasteiger partial charge < -0.3 is 5.32 Å². The zero-order valence-electron chi connectivity index (χ0n) is 7.01. The van der Waals surface area contributed by atoms with Gasteiger partial charge in [-0.05, 0) is 43.4 Å². The van der Waals surface area contributed by atoms with E-state index in [1.165, 1.54) is 37.4 Å². The highest BCUT2D eigenvalue weighted by atomic mass is 32.2. The minimum Gasteiger partial charge on any atom is -0.316 e. The van der Waals surface area contributed by atoms with Crippen LogP contribution in [0.3, 0.4) is 0 Å². The molecule has 11 heavy (non-hydrogen) atoms. The summed E-state index contributed by atoms with van der Waals surface area (Å²) in [6.07, 6.45) is 4.48. The SMILES string of the molecule is C=CCCCSCC1CNC1. The Labute approximate surface area is 73.6 Å². The zero-order chi connectivity index (χ0) is 7.94. The van der Waals surface area contributed by atoms with Gasteiger partial charge in [-0.3, -0.25) is 0 Å². The molecular formula is C9H17NS. The van der Waals surface area contributed by atoms with Gasteiger partial charge in [-0.2, -0.15) is 11.8 Å². The second kappa shape index (κ2) is 5.67. The van der Waals surface area contributed by atoms with Crippen molar-refractivity contribution in [3.63, 3.8) is 0 Å². The van der Waals surface area contributed by atoms with Gasteiger partial charge in [-0.15, -0.1) is 6.58 Å². The number of unbranched alkanes of at least 4 members (excludes halogenated alkanes) is 1. The van der Waals surface area contributed by atoms with E-state index in [1.54, 1.807) is 0 Å². The molecule has 0 amide bonds. The molecule has 0 atom stereocenters. The van der Waals surface area contributed by atoms with Crippen LogP contribution in [0.5, 0.6) is 0 Å². The van der Waals surface area contributed by atoms with E-state index in [1.807, 2.05) is 6.08 Å². The Morgan fingerprint density at radius 2 is 2.36 bits per heavy atom. The Morgan fingerprint density at radius 1 is 1.55 bits per heavy atom. The third-order valence-corrected chi connectivity index (χ3v) is 3.20. The van der Waals surface area contributed by atoms with Crippen LogP contribution in [0.2, 0.25) is 0 Å². The summed E-state index contributed by atoms with van der Waals surface area (Å²) in [5, 5.41) is 3.28. The number of rotatable bonds is 6. The van der Waals surface area contributed by atoms with E-state index in [4.69, 9.17) is 0 Å². The molecule has 1 saturated heterocycles. The van der Waals surface area contributed by atoms with Crippen molar-refractivity contribution < 1.29 is 0 Å². The first-order chi connectivity index (χ1) is 5.43. The molecule has 0 radical (unpaired) electrons. The van der Waals surface area contributed by atoms with Crippen LogP contribution in [0.4, 0.5) is 0 Å². The van der Waals surface area contributed by atoms with Crippen LogP contribution in [-0.4, -0.2) is 24.6 Å². The van der Waals surface area contributed by atoms with Gasteiger partial charge in [0.2, 0.25) is 0 Å². The first-order valence-corrected chi connectivity index (χ1v) is 5.48. The van der Waals surface area contributed by atoms with Crippen LogP contribution < -0.4 is 5.32 Å². The van der Waals surface area contributed by atoms with Gasteiger partial charge >= 0.3 is 0 Å². The maximum absolute atomic E-state index is 3.70. The largest absolute Gasteiger partial charge is 0.316 e. The highest BCUT2D eigenvalue weighted by Gasteiger charge is 2.15. The fourth-order valence-electron chi connectivity index (χ4n) is 1.05. The van der Waals surface area contributed by atoms with E-state index in [0.717, 1.165) is 5.92 Å². The van der Waals surface area contributed by atoms with Crippen molar-refractivity contribution in [3.05, 3.63) is 12.7 Å². The molecule has 0 saturated carbocycles. The van der Waals surface area contributed by atoms with Crippen LogP contribution in [0.15, 0.2) is 12.7 Å². The van der Waals surface area contributed by atoms with E-state index < -0.39 is 0 Å². The normalized spacial score (nSPS) is 17.8. The Kier molecular flexibility index (Phi) is 4.71. The van der Waals surface area contributed by atoms with Crippen molar-refractivity contribution in [2.45, 2.75) is 12.8 Å². The Bertz CT molecular complexity index is 110. The molecule has 1 nitrogen and oxygen atoms in total. The van der Waals surface area contributed by atoms with E-state index in [2.05, 4.69) is 23.7 Å².